The topological polar surface area (TPSA) is 35.5 Å². The first kappa shape index (κ1) is 17.7. The lowest BCUT2D eigenvalue weighted by molar-refractivity contribution is -0.153. The number of hydrogen-bond acceptors (Lipinski definition) is 3. The quantitative estimate of drug-likeness (QED) is 0.521. The Bertz CT molecular complexity index is 443. The normalized spacial score (nSPS) is 24.0. The zero-order chi connectivity index (χ0) is 16.0. The minimum absolute atomic E-state index is 0.0365. The number of ether oxygens (including phenoxy) is 2. The van der Waals surface area contributed by atoms with Crippen molar-refractivity contribution in [3.05, 3.63) is 36.0 Å². The average Bonchev–Trinajstić information content (AvgIpc) is 2.80. The molecule has 0 radical (unpaired) electrons. The fourth-order valence-electron chi connectivity index (χ4n) is 3.05. The van der Waals surface area contributed by atoms with Crippen molar-refractivity contribution in [1.82, 2.24) is 0 Å². The molecule has 0 aromatic carbocycles. The Labute approximate surface area is 128 Å². The van der Waals surface area contributed by atoms with Crippen molar-refractivity contribution in [2.24, 2.45) is 5.92 Å². The van der Waals surface area contributed by atoms with Crippen LogP contribution in [0.1, 0.15) is 47.0 Å². The molecule has 0 fully saturated rings. The van der Waals surface area contributed by atoms with Crippen LogP contribution in [0, 0.1) is 5.92 Å². The second-order valence-corrected chi connectivity index (χ2v) is 6.11. The molecule has 0 aromatic heterocycles. The van der Waals surface area contributed by atoms with Gasteiger partial charge in [-0.3, -0.25) is 4.79 Å². The van der Waals surface area contributed by atoms with Gasteiger partial charge in [0.15, 0.2) is 0 Å². The van der Waals surface area contributed by atoms with Crippen LogP contribution in [-0.4, -0.2) is 24.8 Å². The smallest absolute Gasteiger partial charge is 0.302 e. The Morgan fingerprint density at radius 3 is 2.62 bits per heavy atom. The third-order valence-electron chi connectivity index (χ3n) is 4.19. The monoisotopic (exact) mass is 292 g/mol. The summed E-state index contributed by atoms with van der Waals surface area (Å²) in [7, 11) is 1.73. The minimum Gasteiger partial charge on any atom is -0.461 e. The maximum Gasteiger partial charge on any atom is 0.302 e. The van der Waals surface area contributed by atoms with E-state index in [9.17, 15) is 4.79 Å². The highest BCUT2D eigenvalue weighted by Gasteiger charge is 2.44. The van der Waals surface area contributed by atoms with Crippen molar-refractivity contribution in [1.29, 1.82) is 0 Å². The summed E-state index contributed by atoms with van der Waals surface area (Å²) in [6.45, 7) is 11.6. The molecule has 1 aliphatic carbocycles. The van der Waals surface area contributed by atoms with Gasteiger partial charge in [-0.2, -0.15) is 0 Å². The molecule has 0 aliphatic heterocycles. The van der Waals surface area contributed by atoms with E-state index < -0.39 is 0 Å². The molecule has 0 spiro atoms. The molecule has 1 rings (SSSR count). The average molecular weight is 292 g/mol. The van der Waals surface area contributed by atoms with E-state index >= 15 is 0 Å². The van der Waals surface area contributed by atoms with Crippen LogP contribution < -0.4 is 0 Å². The first-order valence-corrected chi connectivity index (χ1v) is 7.52. The van der Waals surface area contributed by atoms with Gasteiger partial charge < -0.3 is 9.47 Å². The number of rotatable bonds is 7. The molecule has 0 saturated heterocycles. The number of methoxy groups -OCH3 is 1. The van der Waals surface area contributed by atoms with Gasteiger partial charge in [0.1, 0.15) is 6.10 Å². The highest BCUT2D eigenvalue weighted by Crippen LogP contribution is 2.41. The van der Waals surface area contributed by atoms with E-state index in [1.54, 1.807) is 7.11 Å². The highest BCUT2D eigenvalue weighted by atomic mass is 16.5. The SMILES string of the molecule is C=CC1=CC[C@H](OC(C)=O)[C@H]1C(C)(CCC=C(C)C)OC. The van der Waals surface area contributed by atoms with Crippen LogP contribution in [0.5, 0.6) is 0 Å². The van der Waals surface area contributed by atoms with Crippen LogP contribution in [0.25, 0.3) is 0 Å². The summed E-state index contributed by atoms with van der Waals surface area (Å²) in [6.07, 6.45) is 8.56. The van der Waals surface area contributed by atoms with Crippen LogP contribution in [-0.2, 0) is 14.3 Å². The summed E-state index contributed by atoms with van der Waals surface area (Å²) in [6, 6.07) is 0. The lowest BCUT2D eigenvalue weighted by Gasteiger charge is -2.38. The van der Waals surface area contributed by atoms with Crippen LogP contribution >= 0.6 is 0 Å². The molecular weight excluding hydrogens is 264 g/mol. The number of hydrogen-bond donors (Lipinski definition) is 0. The van der Waals surface area contributed by atoms with Gasteiger partial charge >= 0.3 is 5.97 Å². The Morgan fingerprint density at radius 2 is 2.14 bits per heavy atom. The van der Waals surface area contributed by atoms with Gasteiger partial charge in [-0.05, 0) is 39.2 Å². The lowest BCUT2D eigenvalue weighted by Crippen LogP contribution is -2.43. The van der Waals surface area contributed by atoms with Crippen molar-refractivity contribution in [3.8, 4) is 0 Å². The maximum atomic E-state index is 11.3. The van der Waals surface area contributed by atoms with Crippen LogP contribution in [0.4, 0.5) is 0 Å². The molecule has 3 heteroatoms. The van der Waals surface area contributed by atoms with Crippen LogP contribution in [0.2, 0.25) is 0 Å². The van der Waals surface area contributed by atoms with E-state index in [0.717, 1.165) is 24.8 Å². The third kappa shape index (κ3) is 4.57. The molecule has 3 atom stereocenters. The van der Waals surface area contributed by atoms with E-state index in [-0.39, 0.29) is 23.6 Å². The summed E-state index contributed by atoms with van der Waals surface area (Å²) in [5, 5.41) is 0. The number of carbonyl (C=O) groups is 1. The van der Waals surface area contributed by atoms with E-state index in [0.29, 0.717) is 0 Å². The Kier molecular flexibility index (Phi) is 6.41. The highest BCUT2D eigenvalue weighted by molar-refractivity contribution is 5.66. The Hall–Kier alpha value is -1.35. The molecule has 21 heavy (non-hydrogen) atoms. The van der Waals surface area contributed by atoms with E-state index in [1.165, 1.54) is 12.5 Å². The molecule has 3 nitrogen and oxygen atoms in total. The zero-order valence-electron chi connectivity index (χ0n) is 13.9. The van der Waals surface area contributed by atoms with E-state index in [2.05, 4.69) is 39.5 Å². The van der Waals surface area contributed by atoms with Crippen LogP contribution in [0.3, 0.4) is 0 Å². The molecule has 0 N–H and O–H groups in total. The molecule has 0 heterocycles. The predicted octanol–water partition coefficient (Wildman–Crippen LogP) is 4.20. The number of esters is 1. The molecule has 0 bridgehead atoms. The fourth-order valence-corrected chi connectivity index (χ4v) is 3.05. The molecule has 1 unspecified atom stereocenters. The van der Waals surface area contributed by atoms with Gasteiger partial charge in [-0.1, -0.05) is 30.4 Å². The summed E-state index contributed by atoms with van der Waals surface area (Å²) >= 11 is 0. The Balaban J connectivity index is 2.95. The van der Waals surface area contributed by atoms with Gasteiger partial charge in [0.05, 0.1) is 5.60 Å². The molecular formula is C18H28O3. The fraction of sp³-hybridized carbons (Fsp3) is 0.611. The minimum atomic E-state index is -0.372. The summed E-state index contributed by atoms with van der Waals surface area (Å²) in [5.41, 5.74) is 2.04. The molecule has 1 aliphatic rings. The second-order valence-electron chi connectivity index (χ2n) is 6.11. The van der Waals surface area contributed by atoms with Gasteiger partial charge in [-0.25, -0.2) is 0 Å². The van der Waals surface area contributed by atoms with Crippen molar-refractivity contribution < 1.29 is 14.3 Å². The predicted molar refractivity (Wildman–Crippen MR) is 86.0 cm³/mol. The summed E-state index contributed by atoms with van der Waals surface area (Å²) < 4.78 is 11.3. The molecule has 118 valence electrons. The van der Waals surface area contributed by atoms with Gasteiger partial charge in [0.2, 0.25) is 0 Å². The van der Waals surface area contributed by atoms with Crippen molar-refractivity contribution in [2.45, 2.75) is 58.7 Å². The molecule has 0 aromatic rings. The van der Waals surface area contributed by atoms with Gasteiger partial charge in [-0.15, -0.1) is 0 Å². The summed E-state index contributed by atoms with van der Waals surface area (Å²) in [5.74, 6) is -0.207. The van der Waals surface area contributed by atoms with Gasteiger partial charge in [0.25, 0.3) is 0 Å². The first-order valence-electron chi connectivity index (χ1n) is 7.52. The molecule has 0 saturated carbocycles. The zero-order valence-corrected chi connectivity index (χ0v) is 13.9. The number of carbonyl (C=O) groups excluding carboxylic acids is 1. The first-order chi connectivity index (χ1) is 9.84. The maximum absolute atomic E-state index is 11.3. The van der Waals surface area contributed by atoms with Gasteiger partial charge in [0, 0.05) is 26.4 Å². The second kappa shape index (κ2) is 7.60. The summed E-state index contributed by atoms with van der Waals surface area (Å²) in [4.78, 5) is 11.3. The molecule has 0 amide bonds. The Morgan fingerprint density at radius 1 is 1.48 bits per heavy atom. The van der Waals surface area contributed by atoms with Crippen molar-refractivity contribution >= 4 is 5.97 Å². The van der Waals surface area contributed by atoms with Crippen molar-refractivity contribution in [3.63, 3.8) is 0 Å². The largest absolute Gasteiger partial charge is 0.461 e. The van der Waals surface area contributed by atoms with E-state index in [1.807, 2.05) is 6.08 Å². The van der Waals surface area contributed by atoms with Crippen molar-refractivity contribution in [2.75, 3.05) is 7.11 Å². The number of allylic oxidation sites excluding steroid dienone is 3. The lowest BCUT2D eigenvalue weighted by atomic mass is 9.79. The van der Waals surface area contributed by atoms with Crippen LogP contribution in [0.15, 0.2) is 36.0 Å². The third-order valence-corrected chi connectivity index (χ3v) is 4.19. The standard InChI is InChI=1S/C18H28O3/c1-7-15-10-11-16(21-14(4)19)17(15)18(5,20-6)12-8-9-13(2)3/h7,9-10,16-17H,1,8,11-12H2,2-6H3/t16-,17-,18?/m0/s1. The van der Waals surface area contributed by atoms with E-state index in [4.69, 9.17) is 9.47 Å².